The number of carbonyl (C=O) groups excluding carboxylic acids is 1. The fourth-order valence-corrected chi connectivity index (χ4v) is 1.62. The summed E-state index contributed by atoms with van der Waals surface area (Å²) in [6, 6.07) is 5.31. The van der Waals surface area contributed by atoms with Crippen LogP contribution in [0.5, 0.6) is 0 Å². The van der Waals surface area contributed by atoms with E-state index in [2.05, 4.69) is 10.4 Å². The van der Waals surface area contributed by atoms with Crippen molar-refractivity contribution in [1.29, 1.82) is 0 Å². The second-order valence-corrected chi connectivity index (χ2v) is 3.80. The number of anilines is 1. The molecule has 7 heteroatoms. The Morgan fingerprint density at radius 3 is 2.79 bits per heavy atom. The molecule has 98 valence electrons. The zero-order valence-corrected chi connectivity index (χ0v) is 9.92. The van der Waals surface area contributed by atoms with Gasteiger partial charge in [0, 0.05) is 12.7 Å². The number of carbonyl (C=O) groups is 2. The largest absolute Gasteiger partial charge is 0.477 e. The second-order valence-electron chi connectivity index (χ2n) is 3.80. The van der Waals surface area contributed by atoms with E-state index in [1.807, 2.05) is 0 Å². The number of nitrogens with one attached hydrogen (secondary N) is 1. The van der Waals surface area contributed by atoms with Crippen molar-refractivity contribution in [2.24, 2.45) is 7.05 Å². The highest BCUT2D eigenvalue weighted by molar-refractivity contribution is 6.09. The molecule has 2 rings (SSSR count). The molecule has 1 heterocycles. The van der Waals surface area contributed by atoms with Crippen molar-refractivity contribution >= 4 is 17.6 Å². The Balaban J connectivity index is 2.28. The average Bonchev–Trinajstić information content (AvgIpc) is 2.71. The van der Waals surface area contributed by atoms with Crippen molar-refractivity contribution in [3.8, 4) is 0 Å². The topological polar surface area (TPSA) is 84.2 Å². The zero-order valence-electron chi connectivity index (χ0n) is 9.92. The smallest absolute Gasteiger partial charge is 0.354 e. The predicted octanol–water partition coefficient (Wildman–Crippen LogP) is 1.51. The second kappa shape index (κ2) is 4.89. The molecule has 0 radical (unpaired) electrons. The summed E-state index contributed by atoms with van der Waals surface area (Å²) in [6.45, 7) is 0. The third kappa shape index (κ3) is 2.59. The highest BCUT2D eigenvalue weighted by Crippen LogP contribution is 2.13. The van der Waals surface area contributed by atoms with Crippen LogP contribution < -0.4 is 5.32 Å². The minimum Gasteiger partial charge on any atom is -0.477 e. The van der Waals surface area contributed by atoms with Gasteiger partial charge in [-0.2, -0.15) is 5.10 Å². The minimum atomic E-state index is -1.26. The number of carboxylic acids is 1. The Morgan fingerprint density at radius 1 is 1.42 bits per heavy atom. The maximum absolute atomic E-state index is 13.0. The average molecular weight is 263 g/mol. The molecule has 0 saturated heterocycles. The van der Waals surface area contributed by atoms with E-state index in [0.29, 0.717) is 0 Å². The van der Waals surface area contributed by atoms with Crippen LogP contribution in [0.15, 0.2) is 30.5 Å². The molecule has 0 saturated carbocycles. The van der Waals surface area contributed by atoms with Gasteiger partial charge in [0.15, 0.2) is 5.69 Å². The Kier molecular flexibility index (Phi) is 3.28. The van der Waals surface area contributed by atoms with E-state index in [4.69, 9.17) is 5.11 Å². The highest BCUT2D eigenvalue weighted by Gasteiger charge is 2.21. The highest BCUT2D eigenvalue weighted by atomic mass is 19.1. The lowest BCUT2D eigenvalue weighted by molar-refractivity contribution is 0.0680. The van der Waals surface area contributed by atoms with Crippen molar-refractivity contribution in [3.05, 3.63) is 47.5 Å². The first kappa shape index (κ1) is 12.7. The molecule has 1 aromatic heterocycles. The van der Waals surface area contributed by atoms with Crippen LogP contribution in [-0.4, -0.2) is 26.8 Å². The third-order valence-corrected chi connectivity index (χ3v) is 2.47. The van der Waals surface area contributed by atoms with Crippen LogP contribution in [-0.2, 0) is 7.05 Å². The van der Waals surface area contributed by atoms with Gasteiger partial charge in [0.05, 0.1) is 11.8 Å². The van der Waals surface area contributed by atoms with Gasteiger partial charge in [0.25, 0.3) is 5.91 Å². The number of hydrogen-bond donors (Lipinski definition) is 2. The number of aryl methyl sites for hydroxylation is 1. The summed E-state index contributed by atoms with van der Waals surface area (Å²) < 4.78 is 14.1. The summed E-state index contributed by atoms with van der Waals surface area (Å²) in [5.74, 6) is -2.41. The molecule has 19 heavy (non-hydrogen) atoms. The Hall–Kier alpha value is -2.70. The molecule has 0 fully saturated rings. The van der Waals surface area contributed by atoms with Crippen LogP contribution in [0.25, 0.3) is 0 Å². The van der Waals surface area contributed by atoms with Crippen molar-refractivity contribution in [2.45, 2.75) is 0 Å². The number of halogens is 1. The molecule has 0 unspecified atom stereocenters. The molecule has 0 bridgehead atoms. The van der Waals surface area contributed by atoms with E-state index in [9.17, 15) is 14.0 Å². The first-order chi connectivity index (χ1) is 8.99. The van der Waals surface area contributed by atoms with Gasteiger partial charge in [-0.3, -0.25) is 9.48 Å². The number of rotatable bonds is 3. The van der Waals surface area contributed by atoms with Crippen LogP contribution in [0.1, 0.15) is 20.8 Å². The van der Waals surface area contributed by atoms with E-state index in [1.165, 1.54) is 25.2 Å². The summed E-state index contributed by atoms with van der Waals surface area (Å²) in [5.41, 5.74) is -0.0710. The maximum atomic E-state index is 13.0. The van der Waals surface area contributed by atoms with E-state index < -0.39 is 17.7 Å². The van der Waals surface area contributed by atoms with Gasteiger partial charge in [-0.25, -0.2) is 9.18 Å². The van der Waals surface area contributed by atoms with Crippen LogP contribution >= 0.6 is 0 Å². The summed E-state index contributed by atoms with van der Waals surface area (Å²) in [4.78, 5) is 22.9. The lowest BCUT2D eigenvalue weighted by atomic mass is 10.2. The van der Waals surface area contributed by atoms with Gasteiger partial charge >= 0.3 is 5.97 Å². The van der Waals surface area contributed by atoms with Crippen molar-refractivity contribution in [3.63, 3.8) is 0 Å². The summed E-state index contributed by atoms with van der Waals surface area (Å²) in [6.07, 6.45) is 1.15. The monoisotopic (exact) mass is 263 g/mol. The zero-order chi connectivity index (χ0) is 14.0. The molecule has 2 aromatic rings. The van der Waals surface area contributed by atoms with Crippen LogP contribution in [0.2, 0.25) is 0 Å². The lowest BCUT2D eigenvalue weighted by Crippen LogP contribution is -2.17. The third-order valence-electron chi connectivity index (χ3n) is 2.47. The first-order valence-electron chi connectivity index (χ1n) is 5.31. The molecular weight excluding hydrogens is 253 g/mol. The van der Waals surface area contributed by atoms with Gasteiger partial charge in [0.1, 0.15) is 5.82 Å². The maximum Gasteiger partial charge on any atom is 0.354 e. The number of hydrogen-bond acceptors (Lipinski definition) is 3. The van der Waals surface area contributed by atoms with Crippen molar-refractivity contribution in [2.75, 3.05) is 5.32 Å². The fourth-order valence-electron chi connectivity index (χ4n) is 1.62. The SMILES string of the molecule is Cn1ncc(C(=O)Nc2cccc(F)c2)c1C(=O)O. The Bertz CT molecular complexity index is 651. The normalized spacial score (nSPS) is 10.2. The molecule has 6 nitrogen and oxygen atoms in total. The first-order valence-corrected chi connectivity index (χ1v) is 5.31. The molecule has 0 aliphatic heterocycles. The lowest BCUT2D eigenvalue weighted by Gasteiger charge is -2.04. The predicted molar refractivity (Wildman–Crippen MR) is 64.5 cm³/mol. The summed E-state index contributed by atoms with van der Waals surface area (Å²) in [5, 5.41) is 15.1. The number of benzene rings is 1. The van der Waals surface area contributed by atoms with E-state index in [1.54, 1.807) is 0 Å². The van der Waals surface area contributed by atoms with Gasteiger partial charge < -0.3 is 10.4 Å². The number of aromatic nitrogens is 2. The van der Waals surface area contributed by atoms with Gasteiger partial charge in [0.2, 0.25) is 0 Å². The molecule has 0 spiro atoms. The number of carboxylic acid groups (broad SMARTS) is 1. The van der Waals surface area contributed by atoms with Crippen molar-refractivity contribution < 1.29 is 19.1 Å². The van der Waals surface area contributed by atoms with Crippen LogP contribution in [0, 0.1) is 5.82 Å². The number of amides is 1. The molecule has 1 amide bonds. The molecular formula is C12H10FN3O3. The van der Waals surface area contributed by atoms with Crippen molar-refractivity contribution in [1.82, 2.24) is 9.78 Å². The standard InChI is InChI=1S/C12H10FN3O3/c1-16-10(12(18)19)9(6-14-16)11(17)15-8-4-2-3-7(13)5-8/h2-6H,1H3,(H,15,17)(H,18,19). The van der Waals surface area contributed by atoms with Gasteiger partial charge in [-0.1, -0.05) is 6.07 Å². The Labute approximate surface area is 107 Å². The quantitative estimate of drug-likeness (QED) is 0.879. The molecule has 1 aromatic carbocycles. The molecule has 0 aliphatic rings. The van der Waals surface area contributed by atoms with Gasteiger partial charge in [-0.05, 0) is 18.2 Å². The van der Waals surface area contributed by atoms with E-state index in [0.717, 1.165) is 16.9 Å². The Morgan fingerprint density at radius 2 is 2.16 bits per heavy atom. The van der Waals surface area contributed by atoms with E-state index in [-0.39, 0.29) is 16.9 Å². The summed E-state index contributed by atoms with van der Waals surface area (Å²) >= 11 is 0. The van der Waals surface area contributed by atoms with Crippen LogP contribution in [0.4, 0.5) is 10.1 Å². The van der Waals surface area contributed by atoms with E-state index >= 15 is 0 Å². The number of aromatic carboxylic acids is 1. The van der Waals surface area contributed by atoms with Crippen LogP contribution in [0.3, 0.4) is 0 Å². The molecule has 0 aliphatic carbocycles. The minimum absolute atomic E-state index is 0.0840. The molecule has 0 atom stereocenters. The molecule has 2 N–H and O–H groups in total. The fraction of sp³-hybridized carbons (Fsp3) is 0.0833. The van der Waals surface area contributed by atoms with Gasteiger partial charge in [-0.15, -0.1) is 0 Å². The number of nitrogens with zero attached hydrogens (tertiary/aromatic N) is 2. The summed E-state index contributed by atoms with van der Waals surface area (Å²) in [7, 11) is 1.42.